The van der Waals surface area contributed by atoms with Crippen molar-refractivity contribution >= 4 is 0 Å². The first-order chi connectivity index (χ1) is 6.31. The highest BCUT2D eigenvalue weighted by molar-refractivity contribution is 5.26. The van der Waals surface area contributed by atoms with E-state index in [-0.39, 0.29) is 6.04 Å². The molecule has 0 radical (unpaired) electrons. The predicted molar refractivity (Wildman–Crippen MR) is 54.0 cm³/mol. The van der Waals surface area contributed by atoms with E-state index in [1.54, 1.807) is 0 Å². The van der Waals surface area contributed by atoms with Gasteiger partial charge in [0.05, 0.1) is 0 Å². The molecule has 13 heavy (non-hydrogen) atoms. The first-order valence-electron chi connectivity index (χ1n) is 4.86. The molecule has 0 amide bonds. The van der Waals surface area contributed by atoms with Crippen molar-refractivity contribution in [3.05, 3.63) is 35.4 Å². The Morgan fingerprint density at radius 1 is 1.38 bits per heavy atom. The summed E-state index contributed by atoms with van der Waals surface area (Å²) in [7, 11) is 0. The molecule has 2 heteroatoms. The van der Waals surface area contributed by atoms with Crippen LogP contribution >= 0.6 is 0 Å². The summed E-state index contributed by atoms with van der Waals surface area (Å²) in [4.78, 5) is 0. The fourth-order valence-corrected chi connectivity index (χ4v) is 1.65. The Morgan fingerprint density at radius 3 is 2.77 bits per heavy atom. The standard InChI is InChI=1S/C11H16N2/c12-7-8-2-1-3-10(6-8)11(13)9-4-5-9/h1-3,6,9,11H,4-5,7,12-13H2. The average molecular weight is 176 g/mol. The topological polar surface area (TPSA) is 52.0 Å². The minimum absolute atomic E-state index is 0.228. The van der Waals surface area contributed by atoms with Crippen LogP contribution in [-0.2, 0) is 6.54 Å². The number of benzene rings is 1. The van der Waals surface area contributed by atoms with Gasteiger partial charge in [-0.15, -0.1) is 0 Å². The fraction of sp³-hybridized carbons (Fsp3) is 0.455. The van der Waals surface area contributed by atoms with E-state index in [0.29, 0.717) is 12.5 Å². The number of hydrogen-bond acceptors (Lipinski definition) is 2. The van der Waals surface area contributed by atoms with Gasteiger partial charge in [-0.3, -0.25) is 0 Å². The molecule has 0 bridgehead atoms. The van der Waals surface area contributed by atoms with Crippen molar-refractivity contribution in [2.75, 3.05) is 0 Å². The van der Waals surface area contributed by atoms with Crippen molar-refractivity contribution in [1.29, 1.82) is 0 Å². The van der Waals surface area contributed by atoms with Gasteiger partial charge in [-0.1, -0.05) is 24.3 Å². The Kier molecular flexibility index (Phi) is 2.34. The molecule has 70 valence electrons. The molecular formula is C11H16N2. The van der Waals surface area contributed by atoms with Gasteiger partial charge >= 0.3 is 0 Å². The predicted octanol–water partition coefficient (Wildman–Crippen LogP) is 1.56. The van der Waals surface area contributed by atoms with Crippen LogP contribution < -0.4 is 11.5 Å². The zero-order chi connectivity index (χ0) is 9.26. The van der Waals surface area contributed by atoms with Gasteiger partial charge in [0, 0.05) is 12.6 Å². The van der Waals surface area contributed by atoms with Crippen LogP contribution in [0.3, 0.4) is 0 Å². The third kappa shape index (κ3) is 1.90. The normalized spacial score (nSPS) is 18.6. The van der Waals surface area contributed by atoms with Crippen LogP contribution in [0.1, 0.15) is 30.0 Å². The van der Waals surface area contributed by atoms with E-state index in [2.05, 4.69) is 12.1 Å². The van der Waals surface area contributed by atoms with Crippen LogP contribution in [0.5, 0.6) is 0 Å². The van der Waals surface area contributed by atoms with E-state index in [4.69, 9.17) is 11.5 Å². The van der Waals surface area contributed by atoms with Crippen LogP contribution in [0.4, 0.5) is 0 Å². The van der Waals surface area contributed by atoms with Crippen molar-refractivity contribution in [3.63, 3.8) is 0 Å². The Bertz CT molecular complexity index is 292. The van der Waals surface area contributed by atoms with E-state index in [1.807, 2.05) is 12.1 Å². The summed E-state index contributed by atoms with van der Waals surface area (Å²) in [6.45, 7) is 0.602. The third-order valence-electron chi connectivity index (χ3n) is 2.70. The fourth-order valence-electron chi connectivity index (χ4n) is 1.65. The summed E-state index contributed by atoms with van der Waals surface area (Å²) >= 11 is 0. The van der Waals surface area contributed by atoms with Crippen molar-refractivity contribution < 1.29 is 0 Å². The molecule has 1 aromatic carbocycles. The molecule has 2 nitrogen and oxygen atoms in total. The summed E-state index contributed by atoms with van der Waals surface area (Å²) in [6, 6.07) is 8.54. The van der Waals surface area contributed by atoms with Crippen LogP contribution in [0.25, 0.3) is 0 Å². The first kappa shape index (κ1) is 8.73. The molecule has 0 saturated heterocycles. The van der Waals surface area contributed by atoms with E-state index >= 15 is 0 Å². The summed E-state index contributed by atoms with van der Waals surface area (Å²) in [5, 5.41) is 0. The zero-order valence-electron chi connectivity index (χ0n) is 7.74. The first-order valence-corrected chi connectivity index (χ1v) is 4.86. The highest BCUT2D eigenvalue weighted by atomic mass is 14.7. The number of rotatable bonds is 3. The Hall–Kier alpha value is -0.860. The van der Waals surface area contributed by atoms with Crippen molar-refractivity contribution in [1.82, 2.24) is 0 Å². The van der Waals surface area contributed by atoms with Crippen molar-refractivity contribution in [3.8, 4) is 0 Å². The molecule has 1 fully saturated rings. The third-order valence-corrected chi connectivity index (χ3v) is 2.70. The minimum atomic E-state index is 0.228. The molecule has 1 aliphatic carbocycles. The molecular weight excluding hydrogens is 160 g/mol. The summed E-state index contributed by atoms with van der Waals surface area (Å²) in [5.41, 5.74) is 14.1. The monoisotopic (exact) mass is 176 g/mol. The van der Waals surface area contributed by atoms with E-state index < -0.39 is 0 Å². The molecule has 0 aromatic heterocycles. The lowest BCUT2D eigenvalue weighted by Gasteiger charge is -2.11. The van der Waals surface area contributed by atoms with Crippen LogP contribution in [0.15, 0.2) is 24.3 Å². The van der Waals surface area contributed by atoms with Gasteiger partial charge in [-0.05, 0) is 29.9 Å². The number of nitrogens with two attached hydrogens (primary N) is 2. The van der Waals surface area contributed by atoms with Gasteiger partial charge in [-0.25, -0.2) is 0 Å². The van der Waals surface area contributed by atoms with Crippen molar-refractivity contribution in [2.24, 2.45) is 17.4 Å². The van der Waals surface area contributed by atoms with Crippen LogP contribution in [0.2, 0.25) is 0 Å². The van der Waals surface area contributed by atoms with Crippen molar-refractivity contribution in [2.45, 2.75) is 25.4 Å². The maximum absolute atomic E-state index is 6.08. The molecule has 4 N–H and O–H groups in total. The van der Waals surface area contributed by atoms with Gasteiger partial charge in [0.1, 0.15) is 0 Å². The molecule has 1 unspecified atom stereocenters. The maximum Gasteiger partial charge on any atom is 0.0323 e. The average Bonchev–Trinajstić information content (AvgIpc) is 3.00. The van der Waals surface area contributed by atoms with E-state index in [9.17, 15) is 0 Å². The second kappa shape index (κ2) is 3.48. The van der Waals surface area contributed by atoms with Gasteiger partial charge in [0.25, 0.3) is 0 Å². The highest BCUT2D eigenvalue weighted by Crippen LogP contribution is 2.39. The lowest BCUT2D eigenvalue weighted by Crippen LogP contribution is -2.12. The lowest BCUT2D eigenvalue weighted by atomic mass is 10.0. The van der Waals surface area contributed by atoms with E-state index in [1.165, 1.54) is 24.0 Å². The second-order valence-corrected chi connectivity index (χ2v) is 3.81. The molecule has 1 aromatic rings. The SMILES string of the molecule is NCc1cccc(C(N)C2CC2)c1. The molecule has 1 atom stereocenters. The Morgan fingerprint density at radius 2 is 2.15 bits per heavy atom. The van der Waals surface area contributed by atoms with Crippen LogP contribution in [-0.4, -0.2) is 0 Å². The maximum atomic E-state index is 6.08. The lowest BCUT2D eigenvalue weighted by molar-refractivity contribution is 0.632. The molecule has 1 aliphatic rings. The molecule has 0 spiro atoms. The van der Waals surface area contributed by atoms with Gasteiger partial charge in [0.15, 0.2) is 0 Å². The van der Waals surface area contributed by atoms with Gasteiger partial charge in [-0.2, -0.15) is 0 Å². The molecule has 2 rings (SSSR count). The van der Waals surface area contributed by atoms with Gasteiger partial charge < -0.3 is 11.5 Å². The van der Waals surface area contributed by atoms with Gasteiger partial charge in [0.2, 0.25) is 0 Å². The summed E-state index contributed by atoms with van der Waals surface area (Å²) in [5.74, 6) is 0.716. The zero-order valence-corrected chi connectivity index (χ0v) is 7.74. The minimum Gasteiger partial charge on any atom is -0.326 e. The molecule has 0 aliphatic heterocycles. The molecule has 1 saturated carbocycles. The molecule has 0 heterocycles. The number of hydrogen-bond donors (Lipinski definition) is 2. The highest BCUT2D eigenvalue weighted by Gasteiger charge is 2.29. The largest absolute Gasteiger partial charge is 0.326 e. The van der Waals surface area contributed by atoms with E-state index in [0.717, 1.165) is 0 Å². The summed E-state index contributed by atoms with van der Waals surface area (Å²) in [6.07, 6.45) is 2.57. The Balaban J connectivity index is 2.18. The van der Waals surface area contributed by atoms with Crippen LogP contribution in [0, 0.1) is 5.92 Å². The Labute approximate surface area is 78.9 Å². The second-order valence-electron chi connectivity index (χ2n) is 3.81. The smallest absolute Gasteiger partial charge is 0.0323 e. The quantitative estimate of drug-likeness (QED) is 0.734. The summed E-state index contributed by atoms with van der Waals surface area (Å²) < 4.78 is 0.